The van der Waals surface area contributed by atoms with E-state index in [1.54, 1.807) is 24.3 Å². The Labute approximate surface area is 147 Å². The standard InChI is InChI=1S/C18H19ClN2O2S/c1-13-9-16-10-14(7-8-18(16)21(13)2)11-20-24(22,23)12-15-5-3-4-6-17(15)19/h3-10,20H,11-12H2,1-2H3. The van der Waals surface area contributed by atoms with Crippen LogP contribution in [0, 0.1) is 6.92 Å². The van der Waals surface area contributed by atoms with Crippen LogP contribution in [0.15, 0.2) is 48.5 Å². The minimum absolute atomic E-state index is 0.126. The van der Waals surface area contributed by atoms with Crippen molar-refractivity contribution in [1.82, 2.24) is 9.29 Å². The molecule has 0 aliphatic carbocycles. The molecule has 3 rings (SSSR count). The molecule has 3 aromatic rings. The zero-order valence-corrected chi connectivity index (χ0v) is 15.2. The first-order valence-corrected chi connectivity index (χ1v) is 9.64. The molecule has 0 fully saturated rings. The maximum absolute atomic E-state index is 12.3. The number of hydrogen-bond donors (Lipinski definition) is 1. The van der Waals surface area contributed by atoms with Crippen LogP contribution in [0.4, 0.5) is 0 Å². The van der Waals surface area contributed by atoms with Crippen molar-refractivity contribution in [2.24, 2.45) is 7.05 Å². The number of nitrogens with zero attached hydrogens (tertiary/aromatic N) is 1. The number of sulfonamides is 1. The molecule has 0 amide bonds. The van der Waals surface area contributed by atoms with E-state index in [-0.39, 0.29) is 12.3 Å². The van der Waals surface area contributed by atoms with Gasteiger partial charge in [0, 0.05) is 35.2 Å². The van der Waals surface area contributed by atoms with Crippen molar-refractivity contribution >= 4 is 32.5 Å². The molecule has 1 N–H and O–H groups in total. The number of hydrogen-bond acceptors (Lipinski definition) is 2. The molecule has 6 heteroatoms. The normalized spacial score (nSPS) is 12.0. The van der Waals surface area contributed by atoms with Crippen molar-refractivity contribution < 1.29 is 8.42 Å². The summed E-state index contributed by atoms with van der Waals surface area (Å²) in [5, 5.41) is 1.57. The first-order chi connectivity index (χ1) is 11.4. The predicted octanol–water partition coefficient (Wildman–Crippen LogP) is 3.76. The highest BCUT2D eigenvalue weighted by Crippen LogP contribution is 2.20. The number of aryl methyl sites for hydroxylation is 2. The Hall–Kier alpha value is -1.82. The molecule has 0 spiro atoms. The first kappa shape index (κ1) is 17.0. The number of aromatic nitrogens is 1. The second-order valence-corrected chi connectivity index (χ2v) is 8.12. The molecule has 2 aromatic carbocycles. The van der Waals surface area contributed by atoms with E-state index in [4.69, 9.17) is 11.6 Å². The highest BCUT2D eigenvalue weighted by Gasteiger charge is 2.13. The molecule has 1 aromatic heterocycles. The lowest BCUT2D eigenvalue weighted by atomic mass is 10.1. The summed E-state index contributed by atoms with van der Waals surface area (Å²) in [7, 11) is -1.43. The zero-order chi connectivity index (χ0) is 17.3. The minimum atomic E-state index is -3.45. The van der Waals surface area contributed by atoms with E-state index < -0.39 is 10.0 Å². The van der Waals surface area contributed by atoms with Crippen LogP contribution in [0.25, 0.3) is 10.9 Å². The molecule has 24 heavy (non-hydrogen) atoms. The Bertz CT molecular complexity index is 993. The van der Waals surface area contributed by atoms with Gasteiger partial charge in [-0.2, -0.15) is 0 Å². The fourth-order valence-electron chi connectivity index (χ4n) is 2.71. The van der Waals surface area contributed by atoms with E-state index in [1.165, 1.54) is 5.69 Å². The molecule has 4 nitrogen and oxygen atoms in total. The molecule has 0 aliphatic rings. The van der Waals surface area contributed by atoms with Crippen molar-refractivity contribution in [1.29, 1.82) is 0 Å². The smallest absolute Gasteiger partial charge is 0.216 e. The van der Waals surface area contributed by atoms with Crippen LogP contribution < -0.4 is 4.72 Å². The van der Waals surface area contributed by atoms with Crippen LogP contribution in [0.5, 0.6) is 0 Å². The Morgan fingerprint density at radius 2 is 1.88 bits per heavy atom. The van der Waals surface area contributed by atoms with E-state index >= 15 is 0 Å². The van der Waals surface area contributed by atoms with Crippen LogP contribution in [-0.4, -0.2) is 13.0 Å². The lowest BCUT2D eigenvalue weighted by Gasteiger charge is -2.08. The molecule has 0 atom stereocenters. The van der Waals surface area contributed by atoms with Gasteiger partial charge in [0.2, 0.25) is 10.0 Å². The summed E-state index contributed by atoms with van der Waals surface area (Å²) in [5.41, 5.74) is 3.83. The van der Waals surface area contributed by atoms with Gasteiger partial charge in [-0.05, 0) is 42.3 Å². The molecule has 0 radical (unpaired) electrons. The van der Waals surface area contributed by atoms with Gasteiger partial charge in [0.1, 0.15) is 0 Å². The fourth-order valence-corrected chi connectivity index (χ4v) is 4.14. The summed E-state index contributed by atoms with van der Waals surface area (Å²) in [6, 6.07) is 15.0. The maximum atomic E-state index is 12.3. The Morgan fingerprint density at radius 3 is 2.62 bits per heavy atom. The summed E-state index contributed by atoms with van der Waals surface area (Å²) in [6.07, 6.45) is 0. The van der Waals surface area contributed by atoms with Crippen LogP contribution >= 0.6 is 11.6 Å². The summed E-state index contributed by atoms with van der Waals surface area (Å²) in [4.78, 5) is 0. The molecular formula is C18H19ClN2O2S. The Balaban J connectivity index is 1.74. The quantitative estimate of drug-likeness (QED) is 0.751. The van der Waals surface area contributed by atoms with Gasteiger partial charge in [0.05, 0.1) is 5.75 Å². The molecule has 0 bridgehead atoms. The largest absolute Gasteiger partial charge is 0.348 e. The number of rotatable bonds is 5. The molecule has 0 saturated carbocycles. The molecule has 0 aliphatic heterocycles. The second-order valence-electron chi connectivity index (χ2n) is 5.91. The highest BCUT2D eigenvalue weighted by atomic mass is 35.5. The highest BCUT2D eigenvalue weighted by molar-refractivity contribution is 7.88. The van der Waals surface area contributed by atoms with Crippen LogP contribution in [-0.2, 0) is 29.4 Å². The van der Waals surface area contributed by atoms with Crippen LogP contribution in [0.2, 0.25) is 5.02 Å². The second kappa shape index (κ2) is 6.59. The third-order valence-electron chi connectivity index (χ3n) is 4.15. The van der Waals surface area contributed by atoms with E-state index in [0.717, 1.165) is 16.5 Å². The average Bonchev–Trinajstić information content (AvgIpc) is 2.82. The van der Waals surface area contributed by atoms with Gasteiger partial charge in [-0.25, -0.2) is 13.1 Å². The van der Waals surface area contributed by atoms with Gasteiger partial charge in [-0.15, -0.1) is 0 Å². The molecule has 126 valence electrons. The van der Waals surface area contributed by atoms with Crippen molar-refractivity contribution in [3.8, 4) is 0 Å². The fraction of sp³-hybridized carbons (Fsp3) is 0.222. The number of nitrogens with one attached hydrogen (secondary N) is 1. The first-order valence-electron chi connectivity index (χ1n) is 7.61. The Kier molecular flexibility index (Phi) is 4.67. The van der Waals surface area contributed by atoms with Gasteiger partial charge < -0.3 is 4.57 Å². The molecule has 0 saturated heterocycles. The number of benzene rings is 2. The van der Waals surface area contributed by atoms with E-state index in [9.17, 15) is 8.42 Å². The average molecular weight is 363 g/mol. The van der Waals surface area contributed by atoms with Crippen molar-refractivity contribution in [3.63, 3.8) is 0 Å². The van der Waals surface area contributed by atoms with Crippen molar-refractivity contribution in [2.75, 3.05) is 0 Å². The maximum Gasteiger partial charge on any atom is 0.216 e. The van der Waals surface area contributed by atoms with Crippen LogP contribution in [0.1, 0.15) is 16.8 Å². The van der Waals surface area contributed by atoms with E-state index in [0.29, 0.717) is 10.6 Å². The van der Waals surface area contributed by atoms with Crippen molar-refractivity contribution in [3.05, 3.63) is 70.4 Å². The van der Waals surface area contributed by atoms with E-state index in [1.807, 2.05) is 32.2 Å². The third kappa shape index (κ3) is 3.64. The van der Waals surface area contributed by atoms with Gasteiger partial charge in [0.15, 0.2) is 0 Å². The lowest BCUT2D eigenvalue weighted by Crippen LogP contribution is -2.24. The SMILES string of the molecule is Cc1cc2cc(CNS(=O)(=O)Cc3ccccc3Cl)ccc2n1C. The van der Waals surface area contributed by atoms with Gasteiger partial charge in [0.25, 0.3) is 0 Å². The summed E-state index contributed by atoms with van der Waals surface area (Å²) < 4.78 is 29.3. The topological polar surface area (TPSA) is 51.1 Å². The zero-order valence-electron chi connectivity index (χ0n) is 13.6. The van der Waals surface area contributed by atoms with Gasteiger partial charge in [-0.1, -0.05) is 35.9 Å². The molecule has 0 unspecified atom stereocenters. The Morgan fingerprint density at radius 1 is 1.12 bits per heavy atom. The third-order valence-corrected chi connectivity index (χ3v) is 5.79. The summed E-state index contributed by atoms with van der Waals surface area (Å²) >= 11 is 6.04. The summed E-state index contributed by atoms with van der Waals surface area (Å²) in [6.45, 7) is 2.31. The molecule has 1 heterocycles. The summed E-state index contributed by atoms with van der Waals surface area (Å²) in [5.74, 6) is -0.126. The van der Waals surface area contributed by atoms with Gasteiger partial charge >= 0.3 is 0 Å². The van der Waals surface area contributed by atoms with Crippen molar-refractivity contribution in [2.45, 2.75) is 19.2 Å². The van der Waals surface area contributed by atoms with E-state index in [2.05, 4.69) is 15.4 Å². The number of fused-ring (bicyclic) bond motifs is 1. The van der Waals surface area contributed by atoms with Crippen LogP contribution in [0.3, 0.4) is 0 Å². The van der Waals surface area contributed by atoms with Gasteiger partial charge in [-0.3, -0.25) is 0 Å². The minimum Gasteiger partial charge on any atom is -0.348 e. The predicted molar refractivity (Wildman–Crippen MR) is 98.6 cm³/mol. The number of halogens is 1. The molecular weight excluding hydrogens is 344 g/mol. The monoisotopic (exact) mass is 362 g/mol. The lowest BCUT2D eigenvalue weighted by molar-refractivity contribution is 0.580.